The number of benzene rings is 1. The Bertz CT molecular complexity index is 972. The maximum Gasteiger partial charge on any atom is 0.311 e. The number of carbonyl (C=O) groups excluding carboxylic acids is 1. The number of halogens is 2. The average molecular weight is 389 g/mol. The van der Waals surface area contributed by atoms with Gasteiger partial charge in [0.05, 0.1) is 5.41 Å². The molecular weight excluding hydrogens is 368 g/mol. The minimum absolute atomic E-state index is 0.0220. The molecule has 1 atom stereocenters. The normalized spacial score (nSPS) is 21.6. The highest BCUT2D eigenvalue weighted by molar-refractivity contribution is 5.95. The van der Waals surface area contributed by atoms with Gasteiger partial charge in [0.25, 0.3) is 5.91 Å². The number of hydrogen-bond acceptors (Lipinski definition) is 3. The van der Waals surface area contributed by atoms with Crippen LogP contribution in [0.5, 0.6) is 0 Å². The first-order valence-electron chi connectivity index (χ1n) is 9.39. The maximum absolute atomic E-state index is 14.3. The summed E-state index contributed by atoms with van der Waals surface area (Å²) in [5, 5.41) is 13.8. The molecule has 0 radical (unpaired) electrons. The van der Waals surface area contributed by atoms with Crippen molar-refractivity contribution in [2.45, 2.75) is 39.0 Å². The summed E-state index contributed by atoms with van der Waals surface area (Å²) < 4.78 is 29.3. The molecule has 1 amide bonds. The molecule has 28 heavy (non-hydrogen) atoms. The first-order valence-corrected chi connectivity index (χ1v) is 9.39. The Labute approximate surface area is 160 Å². The van der Waals surface area contributed by atoms with Crippen LogP contribution in [-0.4, -0.2) is 44.8 Å². The summed E-state index contributed by atoms with van der Waals surface area (Å²) in [7, 11) is 0. The summed E-state index contributed by atoms with van der Waals surface area (Å²) in [4.78, 5) is 26.3. The molecule has 0 saturated carbocycles. The standard InChI is InChI=1S/C20H21F2N3O3/c1-20(19(27)28)9-4-10-24(11-20)18(26)17-12-5-2-7-14(12)25(23-17)15-8-3-6-13(21)16(15)22/h3,6,8H,2,4-5,7,9-11H2,1H3,(H,27,28). The lowest BCUT2D eigenvalue weighted by Gasteiger charge is -2.37. The second-order valence-electron chi connectivity index (χ2n) is 7.81. The van der Waals surface area contributed by atoms with E-state index in [2.05, 4.69) is 5.10 Å². The third-order valence-corrected chi connectivity index (χ3v) is 5.79. The van der Waals surface area contributed by atoms with Crippen molar-refractivity contribution in [3.8, 4) is 5.69 Å². The fraction of sp³-hybridized carbons (Fsp3) is 0.450. The summed E-state index contributed by atoms with van der Waals surface area (Å²) in [5.41, 5.74) is 0.660. The number of likely N-dealkylation sites (tertiary alicyclic amines) is 1. The number of aromatic nitrogens is 2. The Morgan fingerprint density at radius 3 is 2.75 bits per heavy atom. The summed E-state index contributed by atoms with van der Waals surface area (Å²) in [5.74, 6) is -3.25. The molecule has 2 heterocycles. The van der Waals surface area contributed by atoms with E-state index in [0.717, 1.165) is 18.1 Å². The van der Waals surface area contributed by atoms with Gasteiger partial charge in [-0.15, -0.1) is 0 Å². The van der Waals surface area contributed by atoms with Crippen molar-refractivity contribution < 1.29 is 23.5 Å². The predicted octanol–water partition coefficient (Wildman–Crippen LogP) is 2.97. The highest BCUT2D eigenvalue weighted by Gasteiger charge is 2.41. The molecule has 2 aliphatic rings. The number of amides is 1. The summed E-state index contributed by atoms with van der Waals surface area (Å²) in [6.07, 6.45) is 3.16. The van der Waals surface area contributed by atoms with Crippen LogP contribution in [0.1, 0.15) is 47.9 Å². The highest BCUT2D eigenvalue weighted by atomic mass is 19.2. The van der Waals surface area contributed by atoms with Crippen molar-refractivity contribution in [3.63, 3.8) is 0 Å². The quantitative estimate of drug-likeness (QED) is 0.876. The van der Waals surface area contributed by atoms with E-state index in [1.807, 2.05) is 0 Å². The minimum Gasteiger partial charge on any atom is -0.481 e. The van der Waals surface area contributed by atoms with E-state index in [9.17, 15) is 23.5 Å². The van der Waals surface area contributed by atoms with E-state index in [1.54, 1.807) is 6.92 Å². The van der Waals surface area contributed by atoms with Gasteiger partial charge in [0, 0.05) is 24.3 Å². The molecule has 4 rings (SSSR count). The molecule has 1 aromatic carbocycles. The zero-order valence-corrected chi connectivity index (χ0v) is 15.5. The van der Waals surface area contributed by atoms with Gasteiger partial charge >= 0.3 is 5.97 Å². The van der Waals surface area contributed by atoms with Gasteiger partial charge in [-0.25, -0.2) is 13.5 Å². The molecule has 1 aliphatic carbocycles. The van der Waals surface area contributed by atoms with Crippen LogP contribution in [0, 0.1) is 17.0 Å². The Morgan fingerprint density at radius 2 is 2.00 bits per heavy atom. The second-order valence-corrected chi connectivity index (χ2v) is 7.81. The van der Waals surface area contributed by atoms with Crippen molar-refractivity contribution in [2.75, 3.05) is 13.1 Å². The average Bonchev–Trinajstić information content (AvgIpc) is 3.26. The van der Waals surface area contributed by atoms with Crippen molar-refractivity contribution in [1.29, 1.82) is 0 Å². The van der Waals surface area contributed by atoms with Gasteiger partial charge in [-0.3, -0.25) is 9.59 Å². The van der Waals surface area contributed by atoms with Crippen LogP contribution in [0.15, 0.2) is 18.2 Å². The molecule has 8 heteroatoms. The van der Waals surface area contributed by atoms with Gasteiger partial charge in [-0.1, -0.05) is 6.07 Å². The van der Waals surface area contributed by atoms with Crippen LogP contribution >= 0.6 is 0 Å². The van der Waals surface area contributed by atoms with Crippen molar-refractivity contribution in [2.24, 2.45) is 5.41 Å². The van der Waals surface area contributed by atoms with Crippen LogP contribution in [0.25, 0.3) is 5.69 Å². The molecule has 2 aromatic rings. The van der Waals surface area contributed by atoms with E-state index in [-0.39, 0.29) is 23.8 Å². The predicted molar refractivity (Wildman–Crippen MR) is 96.4 cm³/mol. The maximum atomic E-state index is 14.3. The van der Waals surface area contributed by atoms with E-state index in [1.165, 1.54) is 21.7 Å². The fourth-order valence-corrected chi connectivity index (χ4v) is 4.20. The zero-order chi connectivity index (χ0) is 20.1. The number of hydrogen-bond donors (Lipinski definition) is 1. The van der Waals surface area contributed by atoms with E-state index >= 15 is 0 Å². The molecule has 1 unspecified atom stereocenters. The SMILES string of the molecule is CC1(C(=O)O)CCCN(C(=O)c2nn(-c3cccc(F)c3F)c3c2CCC3)C1. The largest absolute Gasteiger partial charge is 0.481 e. The lowest BCUT2D eigenvalue weighted by molar-refractivity contribution is -0.150. The molecule has 6 nitrogen and oxygen atoms in total. The Morgan fingerprint density at radius 1 is 1.21 bits per heavy atom. The first-order chi connectivity index (χ1) is 13.3. The third kappa shape index (κ3) is 2.87. The van der Waals surface area contributed by atoms with Gasteiger partial charge in [0.15, 0.2) is 17.3 Å². The Balaban J connectivity index is 1.72. The van der Waals surface area contributed by atoms with Crippen LogP contribution in [-0.2, 0) is 17.6 Å². The van der Waals surface area contributed by atoms with E-state index < -0.39 is 23.0 Å². The van der Waals surface area contributed by atoms with E-state index in [4.69, 9.17) is 0 Å². The lowest BCUT2D eigenvalue weighted by atomic mass is 9.82. The van der Waals surface area contributed by atoms with Crippen LogP contribution in [0.2, 0.25) is 0 Å². The van der Waals surface area contributed by atoms with Crippen LogP contribution in [0.3, 0.4) is 0 Å². The zero-order valence-electron chi connectivity index (χ0n) is 15.5. The number of aliphatic carboxylic acids is 1. The van der Waals surface area contributed by atoms with Gasteiger partial charge in [-0.05, 0) is 51.2 Å². The molecule has 0 bridgehead atoms. The lowest BCUT2D eigenvalue weighted by Crippen LogP contribution is -2.48. The summed E-state index contributed by atoms with van der Waals surface area (Å²) in [6, 6.07) is 3.87. The molecule has 1 aliphatic heterocycles. The number of carbonyl (C=O) groups is 2. The Kier molecular flexibility index (Phi) is 4.44. The Hall–Kier alpha value is -2.77. The second kappa shape index (κ2) is 6.68. The molecule has 148 valence electrons. The number of fused-ring (bicyclic) bond motifs is 1. The molecular formula is C20H21F2N3O3. The van der Waals surface area contributed by atoms with Crippen LogP contribution in [0.4, 0.5) is 8.78 Å². The number of carboxylic acids is 1. The minimum atomic E-state index is -1.00. The first kappa shape index (κ1) is 18.6. The topological polar surface area (TPSA) is 75.4 Å². The van der Waals surface area contributed by atoms with E-state index in [0.29, 0.717) is 37.9 Å². The monoisotopic (exact) mass is 389 g/mol. The van der Waals surface area contributed by atoms with Gasteiger partial charge in [-0.2, -0.15) is 5.10 Å². The molecule has 1 fully saturated rings. The highest BCUT2D eigenvalue weighted by Crippen LogP contribution is 2.33. The fourth-order valence-electron chi connectivity index (χ4n) is 4.20. The third-order valence-electron chi connectivity index (χ3n) is 5.79. The van der Waals surface area contributed by atoms with Gasteiger partial charge in [0.2, 0.25) is 0 Å². The van der Waals surface area contributed by atoms with Crippen molar-refractivity contribution >= 4 is 11.9 Å². The number of rotatable bonds is 3. The van der Waals surface area contributed by atoms with Gasteiger partial charge < -0.3 is 10.0 Å². The van der Waals surface area contributed by atoms with Crippen molar-refractivity contribution in [3.05, 3.63) is 46.8 Å². The molecule has 1 saturated heterocycles. The summed E-state index contributed by atoms with van der Waals surface area (Å²) in [6.45, 7) is 2.20. The molecule has 0 spiro atoms. The van der Waals surface area contributed by atoms with Gasteiger partial charge in [0.1, 0.15) is 5.69 Å². The molecule has 1 N–H and O–H groups in total. The number of nitrogens with zero attached hydrogens (tertiary/aromatic N) is 3. The smallest absolute Gasteiger partial charge is 0.311 e. The summed E-state index contributed by atoms with van der Waals surface area (Å²) >= 11 is 0. The number of carboxylic acid groups (broad SMARTS) is 1. The van der Waals surface area contributed by atoms with Crippen LogP contribution < -0.4 is 0 Å². The van der Waals surface area contributed by atoms with Crippen molar-refractivity contribution in [1.82, 2.24) is 14.7 Å². The number of piperidine rings is 1. The molecule has 1 aromatic heterocycles.